The van der Waals surface area contributed by atoms with Gasteiger partial charge in [0, 0.05) is 123 Å². The number of ether oxygens (including phenoxy) is 6. The summed E-state index contributed by atoms with van der Waals surface area (Å²) < 4.78 is 34.0. The van der Waals surface area contributed by atoms with E-state index in [1.807, 2.05) is 13.8 Å². The summed E-state index contributed by atoms with van der Waals surface area (Å²) in [5.41, 5.74) is 0.667. The summed E-state index contributed by atoms with van der Waals surface area (Å²) in [4.78, 5) is 215. The average Bonchev–Trinajstić information content (AvgIpc) is 0.784. The molecule has 1 saturated heterocycles. The Morgan fingerprint density at radius 1 is 0.704 bits per heavy atom. The molecule has 115 heavy (non-hydrogen) atoms. The molecule has 0 radical (unpaired) electrons. The molecule has 632 valence electrons. The van der Waals surface area contributed by atoms with Crippen molar-refractivity contribution in [2.24, 2.45) is 53.1 Å². The Balaban J connectivity index is 0.870. The molecule has 8 amide bonds. The third-order valence-corrected chi connectivity index (χ3v) is 22.0. The monoisotopic (exact) mass is 1610 g/mol. The molecule has 2 aliphatic heterocycles. The van der Waals surface area contributed by atoms with E-state index in [0.29, 0.717) is 25.7 Å². The second-order valence-corrected chi connectivity index (χ2v) is 31.1. The second-order valence-electron chi connectivity index (χ2n) is 31.1. The summed E-state index contributed by atoms with van der Waals surface area (Å²) in [6.45, 7) is 12.5. The van der Waals surface area contributed by atoms with Crippen LogP contribution in [0.15, 0.2) is 30.4 Å². The van der Waals surface area contributed by atoms with Crippen LogP contribution in [0, 0.1) is 47.3 Å². The fraction of sp³-hybridized carbons (Fsp3) is 0.630. The first kappa shape index (κ1) is 92.7. The SMILES string of the molecule is CCC(C)C(NC(=O)CCC(=O)C(C)NC(=O)C(CC(=O)C1CCCC1C(=O)CNC(=O)CCOCCOCCOCCN1C(=O)C=CC1=O)CC(C)C)C(=O)CC(C(=O)NCC(=O)CC(CCC(N)=O)C(=O)N[C@H]1C[C@H](OC2C[C@](O)(C(=O)CO)Cc3c(O)c4c(c(O)c32)C(=O)c2c(OC)cccc2C4=O)O[C@@H](C)[C@H]1O)C(C)C. The Kier molecular flexibility index (Phi) is 34.7. The highest BCUT2D eigenvalue weighted by molar-refractivity contribution is 6.31. The number of amides is 8. The first-order chi connectivity index (χ1) is 54.4. The third kappa shape index (κ3) is 24.6. The van der Waals surface area contributed by atoms with Crippen molar-refractivity contribution in [3.05, 3.63) is 63.7 Å². The van der Waals surface area contributed by atoms with Gasteiger partial charge >= 0.3 is 0 Å². The van der Waals surface area contributed by atoms with Crippen molar-refractivity contribution in [1.82, 2.24) is 31.5 Å². The molecule has 12 N–H and O–H groups in total. The van der Waals surface area contributed by atoms with Crippen molar-refractivity contribution >= 4 is 93.5 Å². The quantitative estimate of drug-likeness (QED) is 0.0218. The zero-order valence-corrected chi connectivity index (χ0v) is 66.7. The lowest BCUT2D eigenvalue weighted by Crippen LogP contribution is -2.56. The number of methoxy groups -OCH3 is 1. The lowest BCUT2D eigenvalue weighted by Gasteiger charge is -2.43. The molecule has 2 aromatic carbocycles. The van der Waals surface area contributed by atoms with Gasteiger partial charge in [0.1, 0.15) is 41.3 Å². The van der Waals surface area contributed by atoms with E-state index in [2.05, 4.69) is 26.6 Å². The first-order valence-corrected chi connectivity index (χ1v) is 39.3. The molecule has 34 heteroatoms. The number of phenolic OH excluding ortho intramolecular Hbond substituents is 2. The lowest BCUT2D eigenvalue weighted by molar-refractivity contribution is -0.249. The molecule has 9 unspecified atom stereocenters. The number of rotatable bonds is 48. The van der Waals surface area contributed by atoms with E-state index >= 15 is 0 Å². The number of hydrogen-bond acceptors (Lipinski definition) is 27. The van der Waals surface area contributed by atoms with Gasteiger partial charge in [-0.05, 0) is 63.4 Å². The molecule has 0 aromatic heterocycles. The maximum atomic E-state index is 14.3. The molecule has 2 fully saturated rings. The van der Waals surface area contributed by atoms with Crippen LogP contribution in [0.2, 0.25) is 0 Å². The van der Waals surface area contributed by atoms with Crippen molar-refractivity contribution in [3.8, 4) is 17.2 Å². The van der Waals surface area contributed by atoms with Crippen molar-refractivity contribution in [3.63, 3.8) is 0 Å². The molecule has 34 nitrogen and oxygen atoms in total. The minimum Gasteiger partial charge on any atom is -0.507 e. The molecule has 3 aliphatic carbocycles. The molecule has 0 spiro atoms. The van der Waals surface area contributed by atoms with Gasteiger partial charge in [-0.15, -0.1) is 0 Å². The number of aliphatic hydroxyl groups is 3. The Bertz CT molecular complexity index is 3990. The molecule has 7 rings (SSSR count). The number of Topliss-reactive ketones (excluding diaryl/α,β-unsaturated/α-hetero) is 6. The number of ketones is 8. The Morgan fingerprint density at radius 3 is 1.97 bits per heavy atom. The van der Waals surface area contributed by atoms with Crippen LogP contribution in [0.3, 0.4) is 0 Å². The van der Waals surface area contributed by atoms with E-state index in [0.717, 1.165) is 4.90 Å². The van der Waals surface area contributed by atoms with E-state index in [1.165, 1.54) is 51.3 Å². The number of fused-ring (bicyclic) bond motifs is 3. The van der Waals surface area contributed by atoms with E-state index in [9.17, 15) is 102 Å². The zero-order chi connectivity index (χ0) is 84.9. The number of carbonyl (C=O) groups excluding carboxylic acids is 16. The number of nitrogens with zero attached hydrogens (tertiary/aromatic N) is 1. The van der Waals surface area contributed by atoms with Crippen LogP contribution in [-0.4, -0.2) is 239 Å². The van der Waals surface area contributed by atoms with Gasteiger partial charge in [-0.1, -0.05) is 66.5 Å². The maximum Gasteiger partial charge on any atom is 0.253 e. The summed E-state index contributed by atoms with van der Waals surface area (Å²) >= 11 is 0. The number of phenols is 2. The van der Waals surface area contributed by atoms with Gasteiger partial charge in [0.25, 0.3) is 11.8 Å². The van der Waals surface area contributed by atoms with Gasteiger partial charge in [-0.25, -0.2) is 0 Å². The predicted octanol–water partition coefficient (Wildman–Crippen LogP) is 1.82. The Labute approximate surface area is 666 Å². The fourth-order valence-corrected chi connectivity index (χ4v) is 15.2. The third-order valence-electron chi connectivity index (χ3n) is 22.0. The summed E-state index contributed by atoms with van der Waals surface area (Å²) in [7, 11) is 1.26. The van der Waals surface area contributed by atoms with Crippen molar-refractivity contribution in [2.45, 2.75) is 206 Å². The molecule has 1 saturated carbocycles. The van der Waals surface area contributed by atoms with E-state index in [-0.39, 0.29) is 155 Å². The lowest BCUT2D eigenvalue weighted by atomic mass is 9.72. The molecular weight excluding hydrogens is 1500 g/mol. The summed E-state index contributed by atoms with van der Waals surface area (Å²) in [6.07, 6.45) is -5.79. The minimum atomic E-state index is -2.50. The molecule has 2 heterocycles. The zero-order valence-electron chi connectivity index (χ0n) is 66.7. The van der Waals surface area contributed by atoms with Crippen LogP contribution in [-0.2, 0) is 97.2 Å². The number of benzene rings is 2. The van der Waals surface area contributed by atoms with Crippen LogP contribution < -0.4 is 37.1 Å². The molecule has 14 atom stereocenters. The van der Waals surface area contributed by atoms with E-state index in [1.54, 1.807) is 27.7 Å². The number of nitrogens with one attached hydrogen (secondary N) is 5. The number of aliphatic hydroxyl groups excluding tert-OH is 2. The highest BCUT2D eigenvalue weighted by Crippen LogP contribution is 2.53. The standard InChI is InChI=1S/C81H111N7O27/c1-10-43(6)72(87-64(98)20-18-55(91)44(7)85-79(107)47(31-41(2)3)33-56(92)49-13-11-14-50(49)58(94)39-83-63(97)23-25-111-27-29-113-30-28-112-26-24-88-65(99)21-22-66(88)100)57(93)34-52(42(4)5)80(108)84-38-48(90)32-46(17-19-62(82)96)78(106)86-54-35-67(114-45(8)73(54)101)115-60-37-81(109,61(95)40-89)36-53-69(60)77(105)71-70(75(53)103)74(102)51-15-12-16-59(110-9)68(51)76(71)104/h12,15-16,21-22,41-47,49-50,52,54,60,67,72-73,89,101,103,105,109H,10-11,13-14,17-20,23-40H2,1-9H3,(H2,82,96)(H,83,97)(H,84,108)(H,85,107)(H,86,106)(H,87,98)/t43?,44?,45-,46?,47?,49?,50?,52?,54-,60?,67-,72?,73+,81-/m0/s1. The highest BCUT2D eigenvalue weighted by atomic mass is 16.7. The molecule has 0 bridgehead atoms. The first-order valence-electron chi connectivity index (χ1n) is 39.3. The van der Waals surface area contributed by atoms with Gasteiger partial charge in [0.15, 0.2) is 41.0 Å². The number of imide groups is 1. The van der Waals surface area contributed by atoms with Gasteiger partial charge in [-0.2, -0.15) is 0 Å². The number of nitrogens with two attached hydrogens (primary N) is 1. The van der Waals surface area contributed by atoms with Crippen molar-refractivity contribution in [2.75, 3.05) is 73.0 Å². The number of hydrogen-bond donors (Lipinski definition) is 11. The van der Waals surface area contributed by atoms with Gasteiger partial charge < -0.3 is 86.3 Å². The van der Waals surface area contributed by atoms with E-state index < -0.39 is 228 Å². The van der Waals surface area contributed by atoms with E-state index in [4.69, 9.17) is 34.2 Å². The number of carbonyl (C=O) groups is 16. The van der Waals surface area contributed by atoms with Gasteiger partial charge in [0.05, 0.1) is 113 Å². The topological polar surface area (TPSA) is 519 Å². The van der Waals surface area contributed by atoms with Crippen LogP contribution in [0.4, 0.5) is 0 Å². The van der Waals surface area contributed by atoms with Gasteiger partial charge in [-0.3, -0.25) is 81.6 Å². The van der Waals surface area contributed by atoms with Crippen molar-refractivity contribution < 1.29 is 131 Å². The smallest absolute Gasteiger partial charge is 0.253 e. The summed E-state index contributed by atoms with van der Waals surface area (Å²) in [5, 5.41) is 70.3. The maximum absolute atomic E-state index is 14.3. The second kappa shape index (κ2) is 43.0. The predicted molar refractivity (Wildman–Crippen MR) is 406 cm³/mol. The molecule has 2 aromatic rings. The van der Waals surface area contributed by atoms with Crippen LogP contribution >= 0.6 is 0 Å². The van der Waals surface area contributed by atoms with Crippen LogP contribution in [0.5, 0.6) is 17.2 Å². The van der Waals surface area contributed by atoms with Crippen LogP contribution in [0.1, 0.15) is 201 Å². The normalized spacial score (nSPS) is 21.9. The molecule has 5 aliphatic rings. The largest absolute Gasteiger partial charge is 0.507 e. The Hall–Kier alpha value is -9.42. The van der Waals surface area contributed by atoms with Crippen molar-refractivity contribution in [1.29, 1.82) is 0 Å². The fourth-order valence-electron chi connectivity index (χ4n) is 15.2. The summed E-state index contributed by atoms with van der Waals surface area (Å²) in [6, 6.07) is 0.669. The molecular formula is C81H111N7O27. The number of aromatic hydroxyl groups is 2. The van der Waals surface area contributed by atoms with Gasteiger partial charge in [0.2, 0.25) is 41.2 Å². The van der Waals surface area contributed by atoms with Crippen LogP contribution in [0.25, 0.3) is 0 Å². The Morgan fingerprint density at radius 2 is 1.35 bits per heavy atom. The number of primary amides is 1. The highest BCUT2D eigenvalue weighted by Gasteiger charge is 2.51. The average molecular weight is 1610 g/mol. The minimum absolute atomic E-state index is 0.0190. The summed E-state index contributed by atoms with van der Waals surface area (Å²) in [5.74, 6) is -17.4.